The first-order valence-electron chi connectivity index (χ1n) is 8.76. The van der Waals surface area contributed by atoms with E-state index >= 15 is 0 Å². The fourth-order valence-electron chi connectivity index (χ4n) is 3.30. The molecule has 0 bridgehead atoms. The van der Waals surface area contributed by atoms with E-state index in [1.807, 2.05) is 11.0 Å². The van der Waals surface area contributed by atoms with Crippen molar-refractivity contribution in [2.45, 2.75) is 23.7 Å². The van der Waals surface area contributed by atoms with Crippen molar-refractivity contribution in [1.29, 1.82) is 0 Å². The highest BCUT2D eigenvalue weighted by Gasteiger charge is 2.25. The molecule has 0 saturated carbocycles. The van der Waals surface area contributed by atoms with Crippen molar-refractivity contribution in [2.75, 3.05) is 27.2 Å². The lowest BCUT2D eigenvalue weighted by molar-refractivity contribution is 0.0713. The highest BCUT2D eigenvalue weighted by Crippen LogP contribution is 2.28. The molecule has 2 aromatic rings. The molecule has 0 aliphatic carbocycles. The highest BCUT2D eigenvalue weighted by molar-refractivity contribution is 7.89. The zero-order valence-corrected chi connectivity index (χ0v) is 15.9. The number of rotatable bonds is 4. The van der Waals surface area contributed by atoms with E-state index in [0.717, 1.165) is 30.2 Å². The number of sulfonamides is 1. The third-order valence-electron chi connectivity index (χ3n) is 4.93. The molecule has 1 amide bonds. The first kappa shape index (κ1) is 18.6. The summed E-state index contributed by atoms with van der Waals surface area (Å²) in [5.74, 6) is 0.457. The molecule has 138 valence electrons. The first-order chi connectivity index (χ1) is 12.4. The predicted molar refractivity (Wildman–Crippen MR) is 102 cm³/mol. The van der Waals surface area contributed by atoms with Crippen LogP contribution in [-0.2, 0) is 10.0 Å². The maximum Gasteiger partial charge on any atom is 0.253 e. The quantitative estimate of drug-likeness (QED) is 0.829. The number of hydrogen-bond acceptors (Lipinski definition) is 3. The Hall–Kier alpha value is -2.18. The van der Waals surface area contributed by atoms with Gasteiger partial charge in [-0.15, -0.1) is 0 Å². The van der Waals surface area contributed by atoms with Crippen molar-refractivity contribution in [3.63, 3.8) is 0 Å². The number of hydrogen-bond donors (Lipinski definition) is 0. The summed E-state index contributed by atoms with van der Waals surface area (Å²) >= 11 is 0. The molecule has 6 heteroatoms. The molecule has 0 spiro atoms. The monoisotopic (exact) mass is 372 g/mol. The van der Waals surface area contributed by atoms with Crippen LogP contribution in [0.4, 0.5) is 0 Å². The van der Waals surface area contributed by atoms with Crippen LogP contribution in [0.3, 0.4) is 0 Å². The van der Waals surface area contributed by atoms with Crippen molar-refractivity contribution in [3.8, 4) is 0 Å². The minimum atomic E-state index is -3.47. The van der Waals surface area contributed by atoms with Gasteiger partial charge >= 0.3 is 0 Å². The van der Waals surface area contributed by atoms with Crippen molar-refractivity contribution >= 4 is 15.9 Å². The molecule has 3 rings (SSSR count). The summed E-state index contributed by atoms with van der Waals surface area (Å²) in [5.41, 5.74) is 1.86. The van der Waals surface area contributed by atoms with Crippen LogP contribution in [0, 0.1) is 0 Å². The van der Waals surface area contributed by atoms with Crippen LogP contribution < -0.4 is 0 Å². The van der Waals surface area contributed by atoms with Gasteiger partial charge < -0.3 is 4.90 Å². The van der Waals surface area contributed by atoms with E-state index in [-0.39, 0.29) is 10.8 Å². The topological polar surface area (TPSA) is 57.7 Å². The second kappa shape index (κ2) is 7.60. The van der Waals surface area contributed by atoms with E-state index in [0.29, 0.717) is 11.5 Å². The van der Waals surface area contributed by atoms with Crippen molar-refractivity contribution in [3.05, 3.63) is 65.7 Å². The second-order valence-electron chi connectivity index (χ2n) is 6.79. The van der Waals surface area contributed by atoms with Crippen LogP contribution in [0.2, 0.25) is 0 Å². The Morgan fingerprint density at radius 2 is 1.54 bits per heavy atom. The van der Waals surface area contributed by atoms with Gasteiger partial charge in [0.2, 0.25) is 10.0 Å². The number of likely N-dealkylation sites (tertiary alicyclic amines) is 1. The van der Waals surface area contributed by atoms with Gasteiger partial charge in [0.15, 0.2) is 0 Å². The molecule has 0 radical (unpaired) electrons. The van der Waals surface area contributed by atoms with E-state index in [4.69, 9.17) is 0 Å². The number of carbonyl (C=O) groups excluding carboxylic acids is 1. The average Bonchev–Trinajstić information content (AvgIpc) is 2.68. The highest BCUT2D eigenvalue weighted by atomic mass is 32.2. The molecule has 1 aliphatic heterocycles. The summed E-state index contributed by atoms with van der Waals surface area (Å²) in [4.78, 5) is 14.8. The smallest absolute Gasteiger partial charge is 0.253 e. The number of benzene rings is 2. The first-order valence-corrected chi connectivity index (χ1v) is 10.2. The Bertz CT molecular complexity index is 854. The molecule has 0 unspecified atom stereocenters. The number of amides is 1. The van der Waals surface area contributed by atoms with E-state index in [2.05, 4.69) is 24.3 Å². The molecule has 1 saturated heterocycles. The molecule has 5 nitrogen and oxygen atoms in total. The molecule has 0 atom stereocenters. The molecule has 2 aromatic carbocycles. The van der Waals surface area contributed by atoms with Gasteiger partial charge in [0.05, 0.1) is 4.90 Å². The van der Waals surface area contributed by atoms with Crippen molar-refractivity contribution in [2.24, 2.45) is 0 Å². The molecule has 26 heavy (non-hydrogen) atoms. The maximum atomic E-state index is 12.7. The lowest BCUT2D eigenvalue weighted by Crippen LogP contribution is -2.37. The largest absolute Gasteiger partial charge is 0.339 e. The molecule has 0 N–H and O–H groups in total. The lowest BCUT2D eigenvalue weighted by atomic mass is 9.89. The third-order valence-corrected chi connectivity index (χ3v) is 6.76. The van der Waals surface area contributed by atoms with Crippen molar-refractivity contribution in [1.82, 2.24) is 9.21 Å². The summed E-state index contributed by atoms with van der Waals surface area (Å²) in [6, 6.07) is 16.6. The average molecular weight is 372 g/mol. The van der Waals surface area contributed by atoms with E-state index < -0.39 is 10.0 Å². The predicted octanol–water partition coefficient (Wildman–Crippen LogP) is 2.96. The minimum absolute atomic E-state index is 0.0367. The van der Waals surface area contributed by atoms with Gasteiger partial charge in [-0.05, 0) is 48.6 Å². The zero-order chi connectivity index (χ0) is 18.7. The van der Waals surface area contributed by atoms with Gasteiger partial charge in [-0.25, -0.2) is 12.7 Å². The summed E-state index contributed by atoms with van der Waals surface area (Å²) in [6.07, 6.45) is 1.89. The molecule has 1 aliphatic rings. The van der Waals surface area contributed by atoms with Crippen LogP contribution >= 0.6 is 0 Å². The number of nitrogens with zero attached hydrogens (tertiary/aromatic N) is 2. The molecular formula is C20H24N2O3S. The fraction of sp³-hybridized carbons (Fsp3) is 0.350. The van der Waals surface area contributed by atoms with Gasteiger partial charge in [-0.3, -0.25) is 4.79 Å². The summed E-state index contributed by atoms with van der Waals surface area (Å²) in [7, 11) is -0.491. The van der Waals surface area contributed by atoms with Gasteiger partial charge in [0, 0.05) is 32.7 Å². The standard InChI is InChI=1S/C20H24N2O3S/c1-21(2)26(24,25)19-10-8-18(9-11-19)20(23)22-14-12-17(13-15-22)16-6-4-3-5-7-16/h3-11,17H,12-15H2,1-2H3. The second-order valence-corrected chi connectivity index (χ2v) is 8.94. The van der Waals surface area contributed by atoms with E-state index in [1.54, 1.807) is 12.1 Å². The van der Waals surface area contributed by atoms with Crippen LogP contribution in [0.5, 0.6) is 0 Å². The van der Waals surface area contributed by atoms with Crippen LogP contribution in [0.1, 0.15) is 34.7 Å². The Balaban J connectivity index is 1.66. The Morgan fingerprint density at radius 1 is 0.962 bits per heavy atom. The summed E-state index contributed by atoms with van der Waals surface area (Å²) < 4.78 is 25.4. The van der Waals surface area contributed by atoms with Gasteiger partial charge in [-0.2, -0.15) is 0 Å². The normalized spacial score (nSPS) is 16.0. The van der Waals surface area contributed by atoms with Gasteiger partial charge in [0.1, 0.15) is 0 Å². The van der Waals surface area contributed by atoms with Gasteiger partial charge in [-0.1, -0.05) is 30.3 Å². The maximum absolute atomic E-state index is 12.7. The summed E-state index contributed by atoms with van der Waals surface area (Å²) in [6.45, 7) is 1.44. The van der Waals surface area contributed by atoms with Crippen LogP contribution in [0.25, 0.3) is 0 Å². The van der Waals surface area contributed by atoms with E-state index in [1.165, 1.54) is 31.8 Å². The summed E-state index contributed by atoms with van der Waals surface area (Å²) in [5, 5.41) is 0. The minimum Gasteiger partial charge on any atom is -0.339 e. The Kier molecular flexibility index (Phi) is 5.44. The zero-order valence-electron chi connectivity index (χ0n) is 15.1. The van der Waals surface area contributed by atoms with Gasteiger partial charge in [0.25, 0.3) is 5.91 Å². The fourth-order valence-corrected chi connectivity index (χ4v) is 4.21. The van der Waals surface area contributed by atoms with Crippen LogP contribution in [-0.4, -0.2) is 50.7 Å². The lowest BCUT2D eigenvalue weighted by Gasteiger charge is -2.32. The third kappa shape index (κ3) is 3.81. The van der Waals surface area contributed by atoms with E-state index in [9.17, 15) is 13.2 Å². The molecule has 0 aromatic heterocycles. The SMILES string of the molecule is CN(C)S(=O)(=O)c1ccc(C(=O)N2CCC(c3ccccc3)CC2)cc1. The Morgan fingerprint density at radius 3 is 2.08 bits per heavy atom. The molecular weight excluding hydrogens is 348 g/mol. The van der Waals surface area contributed by atoms with Crippen LogP contribution in [0.15, 0.2) is 59.5 Å². The number of piperidine rings is 1. The number of carbonyl (C=O) groups is 1. The molecule has 1 fully saturated rings. The Labute approximate surface area is 155 Å². The molecule has 1 heterocycles. The van der Waals surface area contributed by atoms with Crippen molar-refractivity contribution < 1.29 is 13.2 Å².